The molecule has 0 aliphatic heterocycles. The Hall–Kier alpha value is -2.45. The summed E-state index contributed by atoms with van der Waals surface area (Å²) in [6, 6.07) is 8.98. The lowest BCUT2D eigenvalue weighted by Crippen LogP contribution is -2.31. The Labute approximate surface area is 149 Å². The van der Waals surface area contributed by atoms with E-state index >= 15 is 0 Å². The topological polar surface area (TPSA) is 92.3 Å². The molecule has 0 atom stereocenters. The van der Waals surface area contributed by atoms with E-state index in [0.717, 1.165) is 17.7 Å². The molecule has 2 aromatic rings. The quantitative estimate of drug-likeness (QED) is 0.826. The van der Waals surface area contributed by atoms with E-state index in [4.69, 9.17) is 11.6 Å². The number of hydrogen-bond acceptors (Lipinski definition) is 4. The molecule has 6 nitrogen and oxygen atoms in total. The van der Waals surface area contributed by atoms with Crippen molar-refractivity contribution in [1.29, 1.82) is 0 Å². The molecule has 0 saturated heterocycles. The van der Waals surface area contributed by atoms with Crippen LogP contribution in [0.4, 0.5) is 4.39 Å². The second kappa shape index (κ2) is 7.62. The number of benzene rings is 2. The van der Waals surface area contributed by atoms with Crippen molar-refractivity contribution in [3.05, 3.63) is 64.4 Å². The number of sulfonamides is 1. The minimum Gasteiger partial charge on any atom is -0.352 e. The highest BCUT2D eigenvalue weighted by Gasteiger charge is 2.22. The van der Waals surface area contributed by atoms with Crippen LogP contribution in [0.2, 0.25) is 5.02 Å². The minimum atomic E-state index is -4.38. The van der Waals surface area contributed by atoms with Crippen LogP contribution in [-0.4, -0.2) is 20.2 Å². The van der Waals surface area contributed by atoms with Crippen LogP contribution in [0.1, 0.15) is 22.8 Å². The van der Waals surface area contributed by atoms with Gasteiger partial charge in [-0.25, -0.2) is 17.5 Å². The van der Waals surface area contributed by atoms with Crippen LogP contribution in [0.3, 0.4) is 0 Å². The molecule has 2 N–H and O–H groups in total. The Kier molecular flexibility index (Phi) is 5.76. The molecular formula is C16H14ClFN2O4S. The van der Waals surface area contributed by atoms with Gasteiger partial charge in [0.25, 0.3) is 15.9 Å². The van der Waals surface area contributed by atoms with Gasteiger partial charge in [-0.2, -0.15) is 0 Å². The van der Waals surface area contributed by atoms with Gasteiger partial charge in [0, 0.05) is 24.1 Å². The monoisotopic (exact) mass is 384 g/mol. The Balaban J connectivity index is 2.14. The van der Waals surface area contributed by atoms with Crippen molar-refractivity contribution in [2.24, 2.45) is 0 Å². The van der Waals surface area contributed by atoms with Crippen molar-refractivity contribution >= 4 is 33.4 Å². The highest BCUT2D eigenvalue weighted by atomic mass is 35.5. The molecule has 0 fully saturated rings. The van der Waals surface area contributed by atoms with Crippen LogP contribution in [0, 0.1) is 5.82 Å². The zero-order chi connectivity index (χ0) is 18.6. The van der Waals surface area contributed by atoms with Gasteiger partial charge in [-0.3, -0.25) is 9.59 Å². The highest BCUT2D eigenvalue weighted by Crippen LogP contribution is 2.19. The molecule has 0 saturated carbocycles. The van der Waals surface area contributed by atoms with Crippen LogP contribution in [0.25, 0.3) is 0 Å². The van der Waals surface area contributed by atoms with Crippen LogP contribution in [0.5, 0.6) is 0 Å². The van der Waals surface area contributed by atoms with Crippen molar-refractivity contribution in [3.8, 4) is 0 Å². The third kappa shape index (κ3) is 5.01. The fourth-order valence-corrected chi connectivity index (χ4v) is 3.12. The molecule has 0 spiro atoms. The van der Waals surface area contributed by atoms with Gasteiger partial charge in [0.2, 0.25) is 5.91 Å². The lowest BCUT2D eigenvalue weighted by Gasteiger charge is -2.09. The number of rotatable bonds is 5. The lowest BCUT2D eigenvalue weighted by molar-refractivity contribution is -0.119. The predicted molar refractivity (Wildman–Crippen MR) is 90.0 cm³/mol. The lowest BCUT2D eigenvalue weighted by atomic mass is 10.1. The number of halogens is 2. The van der Waals surface area contributed by atoms with E-state index in [9.17, 15) is 22.4 Å². The predicted octanol–water partition coefficient (Wildman–Crippen LogP) is 2.23. The van der Waals surface area contributed by atoms with E-state index in [-0.39, 0.29) is 23.0 Å². The molecule has 0 bridgehead atoms. The summed E-state index contributed by atoms with van der Waals surface area (Å²) in [4.78, 5) is 22.3. The van der Waals surface area contributed by atoms with Gasteiger partial charge in [-0.1, -0.05) is 23.7 Å². The maximum Gasteiger partial charge on any atom is 0.267 e. The van der Waals surface area contributed by atoms with Gasteiger partial charge in [0.1, 0.15) is 10.7 Å². The van der Waals surface area contributed by atoms with E-state index in [0.29, 0.717) is 0 Å². The number of carbonyl (C=O) groups is 2. The summed E-state index contributed by atoms with van der Waals surface area (Å²) in [7, 11) is -4.38. The van der Waals surface area contributed by atoms with Crippen molar-refractivity contribution in [3.63, 3.8) is 0 Å². The van der Waals surface area contributed by atoms with Crippen molar-refractivity contribution in [2.45, 2.75) is 18.4 Å². The molecule has 132 valence electrons. The molecule has 0 aliphatic rings. The summed E-state index contributed by atoms with van der Waals surface area (Å²) in [6.45, 7) is 1.66. The molecule has 0 heterocycles. The minimum absolute atomic E-state index is 0.0394. The molecule has 0 aliphatic carbocycles. The molecule has 25 heavy (non-hydrogen) atoms. The Morgan fingerprint density at radius 1 is 1.12 bits per heavy atom. The number of hydrogen-bond donors (Lipinski definition) is 2. The maximum atomic E-state index is 13.8. The summed E-state index contributed by atoms with van der Waals surface area (Å²) >= 11 is 5.58. The largest absolute Gasteiger partial charge is 0.352 e. The van der Waals surface area contributed by atoms with Crippen LogP contribution >= 0.6 is 11.6 Å². The van der Waals surface area contributed by atoms with Crippen molar-refractivity contribution in [1.82, 2.24) is 10.0 Å². The second-order valence-corrected chi connectivity index (χ2v) is 7.20. The standard InChI is InChI=1S/C16H14ClFN2O4S/c1-10(21)19-9-11-2-4-12(5-3-11)16(22)20-25(23,24)15-7-6-13(17)8-14(15)18/h2-8H,9H2,1H3,(H,19,21)(H,20,22). The zero-order valence-electron chi connectivity index (χ0n) is 13.0. The smallest absolute Gasteiger partial charge is 0.267 e. The fraction of sp³-hybridized carbons (Fsp3) is 0.125. The van der Waals surface area contributed by atoms with Crippen LogP contribution < -0.4 is 10.0 Å². The van der Waals surface area contributed by atoms with E-state index in [1.165, 1.54) is 25.1 Å². The molecule has 2 aromatic carbocycles. The summed E-state index contributed by atoms with van der Waals surface area (Å²) in [5, 5.41) is 2.63. The third-order valence-electron chi connectivity index (χ3n) is 3.17. The summed E-state index contributed by atoms with van der Waals surface area (Å²) in [6.07, 6.45) is 0. The Morgan fingerprint density at radius 2 is 1.76 bits per heavy atom. The van der Waals surface area contributed by atoms with Gasteiger partial charge in [-0.05, 0) is 35.9 Å². The molecule has 0 unspecified atom stereocenters. The first kappa shape index (κ1) is 18.9. The first-order valence-electron chi connectivity index (χ1n) is 7.04. The second-order valence-electron chi connectivity index (χ2n) is 5.12. The first-order valence-corrected chi connectivity index (χ1v) is 8.91. The van der Waals surface area contributed by atoms with Gasteiger partial charge < -0.3 is 5.32 Å². The molecular weight excluding hydrogens is 371 g/mol. The zero-order valence-corrected chi connectivity index (χ0v) is 14.6. The SMILES string of the molecule is CC(=O)NCc1ccc(C(=O)NS(=O)(=O)c2ccc(Cl)cc2F)cc1. The van der Waals surface area contributed by atoms with E-state index < -0.39 is 26.6 Å². The van der Waals surface area contributed by atoms with Gasteiger partial charge in [0.15, 0.2) is 0 Å². The van der Waals surface area contributed by atoms with Crippen molar-refractivity contribution in [2.75, 3.05) is 0 Å². The summed E-state index contributed by atoms with van der Waals surface area (Å²) in [5.41, 5.74) is 0.808. The summed E-state index contributed by atoms with van der Waals surface area (Å²) in [5.74, 6) is -2.16. The maximum absolute atomic E-state index is 13.8. The van der Waals surface area contributed by atoms with Crippen LogP contribution in [0.15, 0.2) is 47.4 Å². The Bertz CT molecular complexity index is 914. The van der Waals surface area contributed by atoms with E-state index in [1.807, 2.05) is 0 Å². The first-order chi connectivity index (χ1) is 11.7. The Morgan fingerprint density at radius 3 is 2.32 bits per heavy atom. The molecule has 0 aromatic heterocycles. The molecule has 9 heteroatoms. The van der Waals surface area contributed by atoms with Crippen LogP contribution in [-0.2, 0) is 21.4 Å². The van der Waals surface area contributed by atoms with Gasteiger partial charge >= 0.3 is 0 Å². The fourth-order valence-electron chi connectivity index (χ4n) is 1.93. The van der Waals surface area contributed by atoms with Gasteiger partial charge in [-0.15, -0.1) is 0 Å². The van der Waals surface area contributed by atoms with Crippen molar-refractivity contribution < 1.29 is 22.4 Å². The van der Waals surface area contributed by atoms with Gasteiger partial charge in [0.05, 0.1) is 0 Å². The summed E-state index contributed by atoms with van der Waals surface area (Å²) < 4.78 is 39.8. The highest BCUT2D eigenvalue weighted by molar-refractivity contribution is 7.90. The third-order valence-corrected chi connectivity index (χ3v) is 4.77. The molecule has 2 amide bonds. The van der Waals surface area contributed by atoms with E-state index in [2.05, 4.69) is 5.32 Å². The average molecular weight is 385 g/mol. The molecule has 2 rings (SSSR count). The average Bonchev–Trinajstić information content (AvgIpc) is 2.52. The molecule has 0 radical (unpaired) electrons. The normalized spacial score (nSPS) is 11.0. The number of nitrogens with one attached hydrogen (secondary N) is 2. The van der Waals surface area contributed by atoms with E-state index in [1.54, 1.807) is 16.9 Å². The number of carbonyl (C=O) groups excluding carboxylic acids is 2. The number of amides is 2.